The average molecular weight is 517 g/mol. The summed E-state index contributed by atoms with van der Waals surface area (Å²) in [5, 5.41) is 6.36. The number of imide groups is 2. The van der Waals surface area contributed by atoms with E-state index in [1.54, 1.807) is 0 Å². The third kappa shape index (κ3) is 3.65. The van der Waals surface area contributed by atoms with Crippen molar-refractivity contribution < 1.29 is 19.2 Å². The minimum absolute atomic E-state index is 0.0474. The highest BCUT2D eigenvalue weighted by atomic mass is 16.2. The smallest absolute Gasteiger partial charge is 0.237 e. The summed E-state index contributed by atoms with van der Waals surface area (Å²) < 4.78 is 0. The monoisotopic (exact) mass is 516 g/mol. The summed E-state index contributed by atoms with van der Waals surface area (Å²) in [6, 6.07) is 19.3. The van der Waals surface area contributed by atoms with E-state index in [9.17, 15) is 19.2 Å². The summed E-state index contributed by atoms with van der Waals surface area (Å²) in [5.41, 5.74) is -0.413. The Morgan fingerprint density at radius 3 is 1.05 bits per heavy atom. The zero-order valence-corrected chi connectivity index (χ0v) is 22.5. The molecule has 2 aromatic carbocycles. The fraction of sp³-hybridized carbons (Fsp3) is 0.467. The van der Waals surface area contributed by atoms with Crippen LogP contribution < -0.4 is 10.6 Å². The molecule has 4 saturated heterocycles. The van der Waals surface area contributed by atoms with Gasteiger partial charge in [0, 0.05) is 26.2 Å². The predicted octanol–water partition coefficient (Wildman–Crippen LogP) is 2.34. The molecule has 2 aromatic rings. The van der Waals surface area contributed by atoms with Gasteiger partial charge in [-0.15, -0.1) is 0 Å². The van der Waals surface area contributed by atoms with E-state index < -0.39 is 21.7 Å². The molecule has 4 fully saturated rings. The number of rotatable bonds is 4. The lowest BCUT2D eigenvalue weighted by molar-refractivity contribution is -0.144. The minimum Gasteiger partial charge on any atom is -0.315 e. The molecule has 0 aliphatic carbocycles. The first-order valence-corrected chi connectivity index (χ1v) is 13.2. The maximum absolute atomic E-state index is 12.6. The highest BCUT2D eigenvalue weighted by molar-refractivity contribution is 6.10. The van der Waals surface area contributed by atoms with Gasteiger partial charge in [0.25, 0.3) is 0 Å². The molecule has 38 heavy (non-hydrogen) atoms. The molecule has 6 rings (SSSR count). The van der Waals surface area contributed by atoms with Crippen LogP contribution in [0.1, 0.15) is 38.8 Å². The first kappa shape index (κ1) is 26.3. The fourth-order valence-electron chi connectivity index (χ4n) is 6.35. The third-order valence-corrected chi connectivity index (χ3v) is 9.59. The maximum atomic E-state index is 12.6. The highest BCUT2D eigenvalue weighted by Gasteiger charge is 2.67. The Morgan fingerprint density at radius 1 is 0.526 bits per heavy atom. The number of amides is 4. The van der Waals surface area contributed by atoms with E-state index in [0.717, 1.165) is 11.1 Å². The molecular weight excluding hydrogens is 480 g/mol. The lowest BCUT2D eigenvalue weighted by Gasteiger charge is -2.26. The lowest BCUT2D eigenvalue weighted by atomic mass is 9.70. The Morgan fingerprint density at radius 2 is 0.789 bits per heavy atom. The van der Waals surface area contributed by atoms with Gasteiger partial charge in [0.05, 0.1) is 34.7 Å². The first-order valence-electron chi connectivity index (χ1n) is 13.2. The maximum Gasteiger partial charge on any atom is 0.237 e. The summed E-state index contributed by atoms with van der Waals surface area (Å²) in [5.74, 6) is -0.189. The van der Waals surface area contributed by atoms with Crippen molar-refractivity contribution in [2.75, 3.05) is 26.2 Å². The van der Waals surface area contributed by atoms with Crippen molar-refractivity contribution >= 4 is 23.6 Å². The average Bonchev–Trinajstić information content (AvgIpc) is 3.49. The Hall–Kier alpha value is -3.36. The van der Waals surface area contributed by atoms with Gasteiger partial charge >= 0.3 is 0 Å². The Balaban J connectivity index is 0.000000155. The molecule has 0 spiro atoms. The van der Waals surface area contributed by atoms with Gasteiger partial charge in [-0.2, -0.15) is 0 Å². The minimum atomic E-state index is -0.598. The molecule has 4 aliphatic heterocycles. The van der Waals surface area contributed by atoms with Crippen molar-refractivity contribution in [3.8, 4) is 0 Å². The molecule has 2 N–H and O–H groups in total. The molecule has 4 amide bonds. The van der Waals surface area contributed by atoms with E-state index in [-0.39, 0.29) is 23.6 Å². The van der Waals surface area contributed by atoms with Gasteiger partial charge in [0.2, 0.25) is 23.6 Å². The Bertz CT molecular complexity index is 1130. The molecule has 4 heterocycles. The summed E-state index contributed by atoms with van der Waals surface area (Å²) in [7, 11) is 0. The zero-order chi connectivity index (χ0) is 27.3. The van der Waals surface area contributed by atoms with Crippen molar-refractivity contribution in [1.29, 1.82) is 0 Å². The van der Waals surface area contributed by atoms with Gasteiger partial charge in [0.15, 0.2) is 0 Å². The normalized spacial score (nSPS) is 33.9. The van der Waals surface area contributed by atoms with Crippen LogP contribution >= 0.6 is 0 Å². The second kappa shape index (κ2) is 9.13. The third-order valence-electron chi connectivity index (χ3n) is 9.59. The van der Waals surface area contributed by atoms with E-state index in [4.69, 9.17) is 0 Å². The number of fused-ring (bicyclic) bond motifs is 2. The number of hydrogen-bond acceptors (Lipinski definition) is 6. The van der Waals surface area contributed by atoms with Gasteiger partial charge in [-0.05, 0) is 38.8 Å². The fourth-order valence-corrected chi connectivity index (χ4v) is 6.35. The van der Waals surface area contributed by atoms with E-state index in [1.807, 2.05) is 88.4 Å². The molecule has 0 unspecified atom stereocenters. The second-order valence-corrected chi connectivity index (χ2v) is 11.9. The topological polar surface area (TPSA) is 98.8 Å². The summed E-state index contributed by atoms with van der Waals surface area (Å²) in [4.78, 5) is 53.2. The number of nitrogens with zero attached hydrogens (tertiary/aromatic N) is 2. The van der Waals surface area contributed by atoms with Crippen LogP contribution in [-0.4, -0.2) is 59.6 Å². The first-order chi connectivity index (χ1) is 18.0. The molecule has 8 heteroatoms. The largest absolute Gasteiger partial charge is 0.315 e. The van der Waals surface area contributed by atoms with E-state index in [2.05, 4.69) is 10.6 Å². The molecule has 4 aliphatic rings. The molecule has 0 bridgehead atoms. The molecule has 8 nitrogen and oxygen atoms in total. The molecule has 4 atom stereocenters. The van der Waals surface area contributed by atoms with E-state index in [0.29, 0.717) is 39.3 Å². The van der Waals surface area contributed by atoms with Crippen molar-refractivity contribution in [3.05, 3.63) is 71.8 Å². The van der Waals surface area contributed by atoms with Crippen LogP contribution in [0.3, 0.4) is 0 Å². The number of hydrogen-bond donors (Lipinski definition) is 2. The Kier molecular flexibility index (Phi) is 6.31. The zero-order valence-electron chi connectivity index (χ0n) is 22.5. The molecular formula is C30H36N4O4. The Labute approximate surface area is 223 Å². The highest BCUT2D eigenvalue weighted by Crippen LogP contribution is 2.51. The van der Waals surface area contributed by atoms with Gasteiger partial charge < -0.3 is 10.6 Å². The van der Waals surface area contributed by atoms with Gasteiger partial charge in [0.1, 0.15) is 0 Å². The van der Waals surface area contributed by atoms with Gasteiger partial charge in [-0.25, -0.2) is 0 Å². The molecule has 0 saturated carbocycles. The van der Waals surface area contributed by atoms with Crippen LogP contribution in [0.5, 0.6) is 0 Å². The number of carbonyl (C=O) groups is 4. The van der Waals surface area contributed by atoms with Crippen LogP contribution in [0.4, 0.5) is 0 Å². The standard InChI is InChI=1S/2C15H18N2O2/c2*1-14-9-16-10-15(14,2)13(19)17(12(14)18)8-11-6-4-3-5-7-11/h2*3-7,16H,8-10H2,1-2H3/t2*14-,15+. The van der Waals surface area contributed by atoms with E-state index >= 15 is 0 Å². The number of likely N-dealkylation sites (tertiary alicyclic amines) is 2. The van der Waals surface area contributed by atoms with Crippen LogP contribution in [0.2, 0.25) is 0 Å². The number of benzene rings is 2. The van der Waals surface area contributed by atoms with Crippen LogP contribution in [0.15, 0.2) is 60.7 Å². The molecule has 200 valence electrons. The SMILES string of the molecule is C[C@@]12CNC[C@]1(C)C(=O)N(Cc1ccccc1)C2=O.C[C@@]12CNC[C@]1(C)C(=O)N(Cc1ccccc1)C2=O. The number of carbonyl (C=O) groups excluding carboxylic acids is 4. The van der Waals surface area contributed by atoms with Crippen molar-refractivity contribution in [3.63, 3.8) is 0 Å². The molecule has 0 radical (unpaired) electrons. The van der Waals surface area contributed by atoms with Crippen LogP contribution in [-0.2, 0) is 32.3 Å². The predicted molar refractivity (Wildman–Crippen MR) is 142 cm³/mol. The van der Waals surface area contributed by atoms with Crippen molar-refractivity contribution in [2.24, 2.45) is 21.7 Å². The second-order valence-electron chi connectivity index (χ2n) is 11.9. The van der Waals surface area contributed by atoms with Crippen LogP contribution in [0.25, 0.3) is 0 Å². The van der Waals surface area contributed by atoms with Crippen molar-refractivity contribution in [2.45, 2.75) is 40.8 Å². The number of nitrogens with one attached hydrogen (secondary N) is 2. The van der Waals surface area contributed by atoms with Crippen LogP contribution in [0, 0.1) is 21.7 Å². The van der Waals surface area contributed by atoms with Gasteiger partial charge in [-0.1, -0.05) is 60.7 Å². The molecule has 0 aromatic heterocycles. The lowest BCUT2D eigenvalue weighted by Crippen LogP contribution is -2.38. The van der Waals surface area contributed by atoms with Crippen molar-refractivity contribution in [1.82, 2.24) is 20.4 Å². The summed E-state index contributed by atoms with van der Waals surface area (Å²) in [6.45, 7) is 10.7. The van der Waals surface area contributed by atoms with E-state index in [1.165, 1.54) is 9.80 Å². The van der Waals surface area contributed by atoms with Gasteiger partial charge in [-0.3, -0.25) is 29.0 Å². The quantitative estimate of drug-likeness (QED) is 0.606. The summed E-state index contributed by atoms with van der Waals surface area (Å²) in [6.07, 6.45) is 0. The summed E-state index contributed by atoms with van der Waals surface area (Å²) >= 11 is 0.